The van der Waals surface area contributed by atoms with Crippen LogP contribution in [0.5, 0.6) is 0 Å². The Morgan fingerprint density at radius 3 is 2.46 bits per heavy atom. The van der Waals surface area contributed by atoms with Crippen molar-refractivity contribution < 1.29 is 14.7 Å². The summed E-state index contributed by atoms with van der Waals surface area (Å²) in [5.74, 6) is -0.515. The van der Waals surface area contributed by atoms with Gasteiger partial charge in [-0.3, -0.25) is 14.5 Å². The highest BCUT2D eigenvalue weighted by atomic mass is 16.4. The fourth-order valence-electron chi connectivity index (χ4n) is 3.48. The maximum Gasteiger partial charge on any atom is 0.306 e. The lowest BCUT2D eigenvalue weighted by Gasteiger charge is -2.28. The van der Waals surface area contributed by atoms with Crippen molar-refractivity contribution in [1.29, 1.82) is 0 Å². The van der Waals surface area contributed by atoms with Gasteiger partial charge in [-0.05, 0) is 58.2 Å². The monoisotopic (exact) mass is 332 g/mol. The Bertz CT molecular complexity index is 578. The maximum absolute atomic E-state index is 12.7. The van der Waals surface area contributed by atoms with E-state index in [-0.39, 0.29) is 17.9 Å². The Labute approximate surface area is 144 Å². The molecule has 0 radical (unpaired) electrons. The van der Waals surface area contributed by atoms with Gasteiger partial charge in [0.1, 0.15) is 6.04 Å². The molecule has 0 bridgehead atoms. The number of carbonyl (C=O) groups excluding carboxylic acids is 1. The molecular weight excluding hydrogens is 304 g/mol. The summed E-state index contributed by atoms with van der Waals surface area (Å²) in [7, 11) is 3.81. The lowest BCUT2D eigenvalue weighted by atomic mass is 9.82. The number of rotatable bonds is 6. The van der Waals surface area contributed by atoms with E-state index in [9.17, 15) is 9.59 Å². The van der Waals surface area contributed by atoms with Crippen LogP contribution in [-0.4, -0.2) is 42.5 Å². The number of amides is 1. The van der Waals surface area contributed by atoms with E-state index in [1.807, 2.05) is 50.2 Å². The first-order valence-corrected chi connectivity index (χ1v) is 8.62. The third-order valence-electron chi connectivity index (χ3n) is 4.88. The highest BCUT2D eigenvalue weighted by Gasteiger charge is 2.27. The number of hydrogen-bond acceptors (Lipinski definition) is 3. The Morgan fingerprint density at radius 2 is 1.92 bits per heavy atom. The molecule has 132 valence electrons. The minimum absolute atomic E-state index is 0.00552. The van der Waals surface area contributed by atoms with E-state index in [1.54, 1.807) is 0 Å². The lowest BCUT2D eigenvalue weighted by molar-refractivity contribution is -0.143. The van der Waals surface area contributed by atoms with Crippen molar-refractivity contribution in [2.75, 3.05) is 20.6 Å². The first kappa shape index (κ1) is 18.5. The second-order valence-electron chi connectivity index (χ2n) is 7.08. The van der Waals surface area contributed by atoms with Gasteiger partial charge >= 0.3 is 5.97 Å². The number of nitrogens with one attached hydrogen (secondary N) is 1. The summed E-state index contributed by atoms with van der Waals surface area (Å²) >= 11 is 0. The molecule has 5 heteroatoms. The van der Waals surface area contributed by atoms with Gasteiger partial charge in [-0.1, -0.05) is 29.8 Å². The van der Waals surface area contributed by atoms with Crippen molar-refractivity contribution in [3.63, 3.8) is 0 Å². The van der Waals surface area contributed by atoms with Crippen LogP contribution < -0.4 is 5.32 Å². The Balaban J connectivity index is 1.91. The average Bonchev–Trinajstić information content (AvgIpc) is 2.53. The minimum atomic E-state index is -0.690. The molecule has 0 aliphatic heterocycles. The number of likely N-dealkylation sites (N-methyl/N-ethyl adjacent to an activating group) is 1. The van der Waals surface area contributed by atoms with Crippen LogP contribution in [0.15, 0.2) is 24.3 Å². The van der Waals surface area contributed by atoms with E-state index in [0.717, 1.165) is 24.0 Å². The molecule has 1 fully saturated rings. The van der Waals surface area contributed by atoms with Crippen LogP contribution in [-0.2, 0) is 9.59 Å². The zero-order valence-corrected chi connectivity index (χ0v) is 14.8. The fourth-order valence-corrected chi connectivity index (χ4v) is 3.48. The summed E-state index contributed by atoms with van der Waals surface area (Å²) in [4.78, 5) is 25.6. The molecule has 1 saturated carbocycles. The average molecular weight is 332 g/mol. The van der Waals surface area contributed by atoms with Gasteiger partial charge in [0.2, 0.25) is 5.91 Å². The molecule has 1 aromatic carbocycles. The molecule has 1 aromatic rings. The molecule has 24 heavy (non-hydrogen) atoms. The number of aryl methyl sites for hydroxylation is 1. The molecule has 2 rings (SSSR count). The first-order valence-electron chi connectivity index (χ1n) is 8.62. The summed E-state index contributed by atoms with van der Waals surface area (Å²) in [6.45, 7) is 2.65. The van der Waals surface area contributed by atoms with Crippen LogP contribution >= 0.6 is 0 Å². The molecule has 2 N–H and O–H groups in total. The number of hydrogen-bond donors (Lipinski definition) is 2. The van der Waals surface area contributed by atoms with Crippen molar-refractivity contribution in [3.8, 4) is 0 Å². The predicted molar refractivity (Wildman–Crippen MR) is 93.7 cm³/mol. The molecule has 1 atom stereocenters. The van der Waals surface area contributed by atoms with Crippen LogP contribution in [0.4, 0.5) is 0 Å². The van der Waals surface area contributed by atoms with E-state index < -0.39 is 5.97 Å². The molecule has 0 spiro atoms. The second kappa shape index (κ2) is 8.29. The van der Waals surface area contributed by atoms with Crippen LogP contribution in [0.25, 0.3) is 0 Å². The highest BCUT2D eigenvalue weighted by Crippen LogP contribution is 2.28. The maximum atomic E-state index is 12.7. The first-order chi connectivity index (χ1) is 11.4. The number of carboxylic acids is 1. The number of nitrogens with zero attached hydrogens (tertiary/aromatic N) is 1. The van der Waals surface area contributed by atoms with Crippen molar-refractivity contribution in [2.45, 2.75) is 38.6 Å². The van der Waals surface area contributed by atoms with Gasteiger partial charge < -0.3 is 10.4 Å². The summed E-state index contributed by atoms with van der Waals surface area (Å²) in [5.41, 5.74) is 2.13. The molecule has 5 nitrogen and oxygen atoms in total. The quantitative estimate of drug-likeness (QED) is 0.840. The van der Waals surface area contributed by atoms with Crippen LogP contribution in [0.1, 0.15) is 42.9 Å². The zero-order chi connectivity index (χ0) is 17.7. The molecule has 0 heterocycles. The molecule has 0 aromatic heterocycles. The highest BCUT2D eigenvalue weighted by molar-refractivity contribution is 5.83. The van der Waals surface area contributed by atoms with Gasteiger partial charge in [0.05, 0.1) is 5.92 Å². The van der Waals surface area contributed by atoms with Crippen molar-refractivity contribution in [2.24, 2.45) is 11.8 Å². The SMILES string of the molecule is Cc1cccc(C(C(=O)NCC2CCC(C(=O)O)CC2)N(C)C)c1. The van der Waals surface area contributed by atoms with E-state index in [0.29, 0.717) is 25.3 Å². The van der Waals surface area contributed by atoms with Gasteiger partial charge in [0, 0.05) is 6.54 Å². The number of carbonyl (C=O) groups is 2. The number of aliphatic carboxylic acids is 1. The summed E-state index contributed by atoms with van der Waals surface area (Å²) < 4.78 is 0. The Hall–Kier alpha value is -1.88. The predicted octanol–water partition coefficient (Wildman–Crippen LogP) is 2.60. The van der Waals surface area contributed by atoms with Gasteiger partial charge in [-0.2, -0.15) is 0 Å². The van der Waals surface area contributed by atoms with Gasteiger partial charge in [-0.25, -0.2) is 0 Å². The van der Waals surface area contributed by atoms with Gasteiger partial charge in [0.15, 0.2) is 0 Å². The van der Waals surface area contributed by atoms with Crippen LogP contribution in [0.3, 0.4) is 0 Å². The van der Waals surface area contributed by atoms with E-state index in [1.165, 1.54) is 0 Å². The molecule has 1 amide bonds. The second-order valence-corrected chi connectivity index (χ2v) is 7.08. The molecule has 0 saturated heterocycles. The summed E-state index contributed by atoms with van der Waals surface area (Å²) in [6, 6.07) is 7.72. The van der Waals surface area contributed by atoms with E-state index in [2.05, 4.69) is 5.32 Å². The largest absolute Gasteiger partial charge is 0.481 e. The van der Waals surface area contributed by atoms with Gasteiger partial charge in [0.25, 0.3) is 0 Å². The lowest BCUT2D eigenvalue weighted by Crippen LogP contribution is -2.40. The molecule has 1 aliphatic rings. The third-order valence-corrected chi connectivity index (χ3v) is 4.88. The van der Waals surface area contributed by atoms with Crippen molar-refractivity contribution >= 4 is 11.9 Å². The minimum Gasteiger partial charge on any atom is -0.481 e. The van der Waals surface area contributed by atoms with Crippen molar-refractivity contribution in [1.82, 2.24) is 10.2 Å². The Morgan fingerprint density at radius 1 is 1.25 bits per heavy atom. The fraction of sp³-hybridized carbons (Fsp3) is 0.579. The number of benzene rings is 1. The number of carboxylic acid groups (broad SMARTS) is 1. The van der Waals surface area contributed by atoms with Gasteiger partial charge in [-0.15, -0.1) is 0 Å². The zero-order valence-electron chi connectivity index (χ0n) is 14.8. The Kier molecular flexibility index (Phi) is 6.37. The van der Waals surface area contributed by atoms with Crippen molar-refractivity contribution in [3.05, 3.63) is 35.4 Å². The molecule has 1 unspecified atom stereocenters. The summed E-state index contributed by atoms with van der Waals surface area (Å²) in [5, 5.41) is 12.1. The molecule has 1 aliphatic carbocycles. The topological polar surface area (TPSA) is 69.6 Å². The summed E-state index contributed by atoms with van der Waals surface area (Å²) in [6.07, 6.45) is 3.17. The van der Waals surface area contributed by atoms with E-state index >= 15 is 0 Å². The third kappa shape index (κ3) is 4.81. The molecular formula is C19H28N2O3. The smallest absolute Gasteiger partial charge is 0.306 e. The van der Waals surface area contributed by atoms with Crippen LogP contribution in [0, 0.1) is 18.8 Å². The normalized spacial score (nSPS) is 22.2. The van der Waals surface area contributed by atoms with E-state index in [4.69, 9.17) is 5.11 Å². The van der Waals surface area contributed by atoms with Crippen LogP contribution in [0.2, 0.25) is 0 Å². The standard InChI is InChI=1S/C19H28N2O3/c1-13-5-4-6-16(11-13)17(21(2)3)18(22)20-12-14-7-9-15(10-8-14)19(23)24/h4-6,11,14-15,17H,7-10,12H2,1-3H3,(H,20,22)(H,23,24).